The van der Waals surface area contributed by atoms with E-state index in [-0.39, 0.29) is 6.04 Å². The van der Waals surface area contributed by atoms with Gasteiger partial charge in [-0.05, 0) is 52.2 Å². The van der Waals surface area contributed by atoms with E-state index in [0.717, 1.165) is 73.1 Å². The summed E-state index contributed by atoms with van der Waals surface area (Å²) in [5.74, 6) is 1.70. The van der Waals surface area contributed by atoms with E-state index in [1.54, 1.807) is 0 Å². The Bertz CT molecular complexity index is 862. The van der Waals surface area contributed by atoms with Crippen molar-refractivity contribution in [1.29, 1.82) is 5.26 Å². The number of anilines is 1. The molecule has 1 aliphatic heterocycles. The Hall–Kier alpha value is -3.01. The summed E-state index contributed by atoms with van der Waals surface area (Å²) in [6.07, 6.45) is 2.97. The second-order valence-electron chi connectivity index (χ2n) is 7.37. The van der Waals surface area contributed by atoms with E-state index in [0.29, 0.717) is 6.54 Å². The molecule has 1 atom stereocenters. The number of aromatic nitrogens is 1. The largest absolute Gasteiger partial charge is 0.368 e. The number of piperidine rings is 1. The van der Waals surface area contributed by atoms with E-state index in [2.05, 4.69) is 33.7 Å². The standard InChI is InChI=1S/C22H30N6O/c1-4-24-22(25-12-11-20-16(2)27-29-17(20)3)26-19-9-7-13-28(15-19)21-10-6-5-8-18(21)14-23/h5-6,8,10,19H,4,7,9,11-13,15H2,1-3H3,(H2,24,25,26). The maximum atomic E-state index is 9.41. The lowest BCUT2D eigenvalue weighted by Gasteiger charge is -2.35. The number of rotatable bonds is 6. The van der Waals surface area contributed by atoms with Gasteiger partial charge >= 0.3 is 0 Å². The lowest BCUT2D eigenvalue weighted by molar-refractivity contribution is 0.392. The van der Waals surface area contributed by atoms with Gasteiger partial charge in [-0.3, -0.25) is 4.99 Å². The maximum absolute atomic E-state index is 9.41. The van der Waals surface area contributed by atoms with Gasteiger partial charge in [0.15, 0.2) is 5.96 Å². The highest BCUT2D eigenvalue weighted by atomic mass is 16.5. The Kier molecular flexibility index (Phi) is 7.12. The molecule has 0 saturated carbocycles. The Labute approximate surface area is 172 Å². The van der Waals surface area contributed by atoms with Crippen LogP contribution in [0.1, 0.15) is 42.3 Å². The minimum atomic E-state index is 0.285. The third kappa shape index (κ3) is 5.29. The highest BCUT2D eigenvalue weighted by Crippen LogP contribution is 2.23. The molecule has 2 N–H and O–H groups in total. The van der Waals surface area contributed by atoms with Gasteiger partial charge in [-0.15, -0.1) is 0 Å². The fourth-order valence-corrected chi connectivity index (χ4v) is 3.81. The van der Waals surface area contributed by atoms with Crippen molar-refractivity contribution >= 4 is 11.6 Å². The molecule has 7 heteroatoms. The Morgan fingerprint density at radius 3 is 2.93 bits per heavy atom. The van der Waals surface area contributed by atoms with Gasteiger partial charge in [0.2, 0.25) is 0 Å². The molecule has 29 heavy (non-hydrogen) atoms. The van der Waals surface area contributed by atoms with Crippen molar-refractivity contribution in [3.63, 3.8) is 0 Å². The van der Waals surface area contributed by atoms with Gasteiger partial charge in [0.25, 0.3) is 0 Å². The third-order valence-corrected chi connectivity index (χ3v) is 5.28. The van der Waals surface area contributed by atoms with Crippen LogP contribution < -0.4 is 15.5 Å². The molecule has 1 aromatic carbocycles. The molecular weight excluding hydrogens is 364 g/mol. The molecule has 0 spiro atoms. The number of nitriles is 1. The van der Waals surface area contributed by atoms with Gasteiger partial charge in [0, 0.05) is 37.8 Å². The van der Waals surface area contributed by atoms with E-state index in [9.17, 15) is 5.26 Å². The van der Waals surface area contributed by atoms with E-state index in [1.807, 2.05) is 38.1 Å². The monoisotopic (exact) mass is 394 g/mol. The fraction of sp³-hybridized carbons (Fsp3) is 0.500. The first kappa shape index (κ1) is 20.7. The number of nitrogens with zero attached hydrogens (tertiary/aromatic N) is 4. The number of hydrogen-bond acceptors (Lipinski definition) is 5. The number of aliphatic imine (C=N–C) groups is 1. The van der Waals surface area contributed by atoms with Crippen molar-refractivity contribution < 1.29 is 4.52 Å². The summed E-state index contributed by atoms with van der Waals surface area (Å²) in [7, 11) is 0. The first-order valence-electron chi connectivity index (χ1n) is 10.3. The van der Waals surface area contributed by atoms with Crippen LogP contribution in [0, 0.1) is 25.2 Å². The van der Waals surface area contributed by atoms with Crippen LogP contribution >= 0.6 is 0 Å². The van der Waals surface area contributed by atoms with E-state index in [1.165, 1.54) is 0 Å². The molecule has 2 aromatic rings. The van der Waals surface area contributed by atoms with Crippen molar-refractivity contribution in [2.75, 3.05) is 31.1 Å². The zero-order valence-electron chi connectivity index (χ0n) is 17.5. The number of guanidine groups is 1. The molecule has 1 saturated heterocycles. The van der Waals surface area contributed by atoms with Gasteiger partial charge < -0.3 is 20.1 Å². The van der Waals surface area contributed by atoms with Gasteiger partial charge in [-0.25, -0.2) is 0 Å². The molecule has 1 unspecified atom stereocenters. The summed E-state index contributed by atoms with van der Waals surface area (Å²) in [6.45, 7) is 9.29. The summed E-state index contributed by atoms with van der Waals surface area (Å²) >= 11 is 0. The van der Waals surface area contributed by atoms with Gasteiger partial charge in [0.05, 0.1) is 16.9 Å². The van der Waals surface area contributed by atoms with Crippen molar-refractivity contribution in [2.45, 2.75) is 46.1 Å². The van der Waals surface area contributed by atoms with Crippen LogP contribution in [-0.4, -0.2) is 43.3 Å². The van der Waals surface area contributed by atoms with E-state index in [4.69, 9.17) is 9.52 Å². The lowest BCUT2D eigenvalue weighted by atomic mass is 10.0. The van der Waals surface area contributed by atoms with Crippen LogP contribution in [0.5, 0.6) is 0 Å². The van der Waals surface area contributed by atoms with E-state index >= 15 is 0 Å². The number of aryl methyl sites for hydroxylation is 2. The second kappa shape index (κ2) is 9.97. The average molecular weight is 395 g/mol. The molecule has 1 aliphatic rings. The summed E-state index contributed by atoms with van der Waals surface area (Å²) in [6, 6.07) is 10.4. The zero-order valence-corrected chi connectivity index (χ0v) is 17.5. The fourth-order valence-electron chi connectivity index (χ4n) is 3.81. The van der Waals surface area contributed by atoms with Crippen molar-refractivity contribution in [3.05, 3.63) is 46.8 Å². The summed E-state index contributed by atoms with van der Waals surface area (Å²) in [4.78, 5) is 7.05. The van der Waals surface area contributed by atoms with Gasteiger partial charge in [0.1, 0.15) is 11.8 Å². The Balaban J connectivity index is 1.63. The van der Waals surface area contributed by atoms with Gasteiger partial charge in [-0.1, -0.05) is 17.3 Å². The second-order valence-corrected chi connectivity index (χ2v) is 7.37. The lowest BCUT2D eigenvalue weighted by Crippen LogP contribution is -2.51. The van der Waals surface area contributed by atoms with Crippen LogP contribution in [0.2, 0.25) is 0 Å². The summed E-state index contributed by atoms with van der Waals surface area (Å²) in [5.41, 5.74) is 3.83. The maximum Gasteiger partial charge on any atom is 0.191 e. The van der Waals surface area contributed by atoms with Crippen molar-refractivity contribution in [3.8, 4) is 6.07 Å². The predicted octanol–water partition coefficient (Wildman–Crippen LogP) is 2.93. The van der Waals surface area contributed by atoms with Crippen LogP contribution in [0.4, 0.5) is 5.69 Å². The summed E-state index contributed by atoms with van der Waals surface area (Å²) < 4.78 is 5.24. The minimum absolute atomic E-state index is 0.285. The molecule has 3 rings (SSSR count). The molecule has 0 amide bonds. The van der Waals surface area contributed by atoms with Crippen molar-refractivity contribution in [2.24, 2.45) is 4.99 Å². The Morgan fingerprint density at radius 2 is 2.21 bits per heavy atom. The highest BCUT2D eigenvalue weighted by molar-refractivity contribution is 5.80. The minimum Gasteiger partial charge on any atom is -0.368 e. The van der Waals surface area contributed by atoms with E-state index < -0.39 is 0 Å². The molecule has 7 nitrogen and oxygen atoms in total. The molecule has 154 valence electrons. The zero-order chi connectivity index (χ0) is 20.6. The average Bonchev–Trinajstić information content (AvgIpc) is 3.06. The summed E-state index contributed by atoms with van der Waals surface area (Å²) in [5, 5.41) is 20.3. The number of hydrogen-bond donors (Lipinski definition) is 2. The number of nitrogens with one attached hydrogen (secondary N) is 2. The predicted molar refractivity (Wildman–Crippen MR) is 115 cm³/mol. The molecule has 1 fully saturated rings. The molecule has 0 aliphatic carbocycles. The Morgan fingerprint density at radius 1 is 1.38 bits per heavy atom. The van der Waals surface area contributed by atoms with Crippen LogP contribution in [0.3, 0.4) is 0 Å². The smallest absolute Gasteiger partial charge is 0.191 e. The van der Waals surface area contributed by atoms with Crippen molar-refractivity contribution in [1.82, 2.24) is 15.8 Å². The quantitative estimate of drug-likeness (QED) is 0.578. The topological polar surface area (TPSA) is 89.5 Å². The normalized spacial score (nSPS) is 17.1. The molecule has 0 radical (unpaired) electrons. The third-order valence-electron chi connectivity index (χ3n) is 5.28. The number of benzene rings is 1. The molecule has 2 heterocycles. The highest BCUT2D eigenvalue weighted by Gasteiger charge is 2.22. The van der Waals surface area contributed by atoms with Crippen LogP contribution in [0.15, 0.2) is 33.8 Å². The van der Waals surface area contributed by atoms with Gasteiger partial charge in [-0.2, -0.15) is 5.26 Å². The van der Waals surface area contributed by atoms with Crippen LogP contribution in [-0.2, 0) is 6.42 Å². The van der Waals surface area contributed by atoms with Crippen LogP contribution in [0.25, 0.3) is 0 Å². The number of para-hydroxylation sites is 1. The SMILES string of the molecule is CCNC(=NCCc1c(C)noc1C)NC1CCCN(c2ccccc2C#N)C1. The first-order valence-corrected chi connectivity index (χ1v) is 10.3. The first-order chi connectivity index (χ1) is 14.1. The molecular formula is C22H30N6O. The molecule has 1 aromatic heterocycles. The molecule has 0 bridgehead atoms.